The Hall–Kier alpha value is -1.30. The van der Waals surface area contributed by atoms with Crippen LogP contribution < -0.4 is 5.32 Å². The molecular formula is C14H26N2O4. The van der Waals surface area contributed by atoms with Gasteiger partial charge in [-0.2, -0.15) is 0 Å². The number of hydrogen-bond acceptors (Lipinski definition) is 4. The van der Waals surface area contributed by atoms with E-state index in [4.69, 9.17) is 9.47 Å². The van der Waals surface area contributed by atoms with Gasteiger partial charge in [0.15, 0.2) is 6.10 Å². The normalized spacial score (nSPS) is 20.5. The molecule has 1 rings (SSSR count). The molecule has 0 radical (unpaired) electrons. The average molecular weight is 286 g/mol. The molecule has 0 aromatic rings. The van der Waals surface area contributed by atoms with Gasteiger partial charge in [-0.05, 0) is 41.5 Å². The summed E-state index contributed by atoms with van der Waals surface area (Å²) in [6, 6.07) is 0. The predicted octanol–water partition coefficient (Wildman–Crippen LogP) is 1.54. The van der Waals surface area contributed by atoms with E-state index in [9.17, 15) is 9.59 Å². The van der Waals surface area contributed by atoms with Crippen molar-refractivity contribution in [2.24, 2.45) is 0 Å². The van der Waals surface area contributed by atoms with Gasteiger partial charge in [0, 0.05) is 12.1 Å². The van der Waals surface area contributed by atoms with Crippen molar-refractivity contribution < 1.29 is 19.1 Å². The Bertz CT molecular complexity index is 334. The topological polar surface area (TPSA) is 67.9 Å². The lowest BCUT2D eigenvalue weighted by Crippen LogP contribution is -2.55. The molecule has 2 amide bonds. The molecule has 1 aliphatic rings. The molecule has 0 aliphatic carbocycles. The Labute approximate surface area is 120 Å². The first-order valence-corrected chi connectivity index (χ1v) is 6.89. The monoisotopic (exact) mass is 286 g/mol. The van der Waals surface area contributed by atoms with Crippen molar-refractivity contribution in [2.75, 3.05) is 19.7 Å². The molecule has 1 heterocycles. The van der Waals surface area contributed by atoms with E-state index >= 15 is 0 Å². The fourth-order valence-electron chi connectivity index (χ4n) is 1.75. The molecule has 0 saturated carbocycles. The molecule has 0 bridgehead atoms. The van der Waals surface area contributed by atoms with Crippen molar-refractivity contribution in [2.45, 2.75) is 58.8 Å². The van der Waals surface area contributed by atoms with E-state index in [0.717, 1.165) is 0 Å². The Kier molecular flexibility index (Phi) is 5.02. The van der Waals surface area contributed by atoms with Gasteiger partial charge in [0.2, 0.25) is 0 Å². The Morgan fingerprint density at radius 1 is 1.20 bits per heavy atom. The third-order valence-corrected chi connectivity index (χ3v) is 2.51. The molecule has 1 aliphatic heterocycles. The second-order valence-electron chi connectivity index (χ2n) is 7.03. The fraction of sp³-hybridized carbons (Fsp3) is 0.857. The zero-order chi connectivity index (χ0) is 15.6. The van der Waals surface area contributed by atoms with E-state index in [1.807, 2.05) is 41.5 Å². The van der Waals surface area contributed by atoms with Gasteiger partial charge >= 0.3 is 6.09 Å². The first-order chi connectivity index (χ1) is 8.98. The van der Waals surface area contributed by atoms with Crippen LogP contribution in [-0.4, -0.2) is 53.8 Å². The van der Waals surface area contributed by atoms with E-state index in [2.05, 4.69) is 5.32 Å². The van der Waals surface area contributed by atoms with Crippen molar-refractivity contribution in [3.8, 4) is 0 Å². The van der Waals surface area contributed by atoms with Crippen molar-refractivity contribution in [1.82, 2.24) is 10.2 Å². The first-order valence-electron chi connectivity index (χ1n) is 6.89. The number of hydrogen-bond donors (Lipinski definition) is 1. The largest absolute Gasteiger partial charge is 0.444 e. The summed E-state index contributed by atoms with van der Waals surface area (Å²) in [5.41, 5.74) is -0.868. The maximum Gasteiger partial charge on any atom is 0.410 e. The van der Waals surface area contributed by atoms with Gasteiger partial charge < -0.3 is 19.7 Å². The summed E-state index contributed by atoms with van der Waals surface area (Å²) in [6.07, 6.45) is -1.05. The number of nitrogens with one attached hydrogen (secondary N) is 1. The van der Waals surface area contributed by atoms with Crippen LogP contribution >= 0.6 is 0 Å². The van der Waals surface area contributed by atoms with Crippen molar-refractivity contribution in [3.63, 3.8) is 0 Å². The molecule has 20 heavy (non-hydrogen) atoms. The summed E-state index contributed by atoms with van der Waals surface area (Å²) < 4.78 is 10.7. The summed E-state index contributed by atoms with van der Waals surface area (Å²) >= 11 is 0. The highest BCUT2D eigenvalue weighted by Crippen LogP contribution is 2.13. The number of carbonyl (C=O) groups is 2. The third kappa shape index (κ3) is 5.77. The summed E-state index contributed by atoms with van der Waals surface area (Å²) in [5.74, 6) is -0.203. The average Bonchev–Trinajstić information content (AvgIpc) is 2.24. The van der Waals surface area contributed by atoms with Gasteiger partial charge in [0.25, 0.3) is 5.91 Å². The number of carbonyl (C=O) groups excluding carboxylic acids is 2. The van der Waals surface area contributed by atoms with Crippen LogP contribution in [0.5, 0.6) is 0 Å². The molecule has 1 atom stereocenters. The van der Waals surface area contributed by atoms with E-state index in [1.54, 1.807) is 0 Å². The Balaban J connectivity index is 2.58. The highest BCUT2D eigenvalue weighted by atomic mass is 16.6. The lowest BCUT2D eigenvalue weighted by Gasteiger charge is -2.34. The predicted molar refractivity (Wildman–Crippen MR) is 75.4 cm³/mol. The smallest absolute Gasteiger partial charge is 0.410 e. The SMILES string of the molecule is CC(C)(C)NC(=O)C1CN(C(=O)OC(C)(C)C)CCO1. The van der Waals surface area contributed by atoms with E-state index in [0.29, 0.717) is 13.2 Å². The summed E-state index contributed by atoms with van der Waals surface area (Å²) in [5, 5.41) is 2.85. The van der Waals surface area contributed by atoms with Crippen LogP contribution in [0.2, 0.25) is 0 Å². The highest BCUT2D eigenvalue weighted by molar-refractivity contribution is 5.82. The van der Waals surface area contributed by atoms with E-state index in [1.165, 1.54) is 4.90 Å². The second kappa shape index (κ2) is 5.99. The van der Waals surface area contributed by atoms with Crippen molar-refractivity contribution in [1.29, 1.82) is 0 Å². The summed E-state index contributed by atoms with van der Waals surface area (Å²) in [4.78, 5) is 25.6. The second-order valence-corrected chi connectivity index (χ2v) is 7.03. The minimum absolute atomic E-state index is 0.203. The highest BCUT2D eigenvalue weighted by Gasteiger charge is 2.32. The number of nitrogens with zero attached hydrogens (tertiary/aromatic N) is 1. The first kappa shape index (κ1) is 16.8. The van der Waals surface area contributed by atoms with Gasteiger partial charge in [0.05, 0.1) is 13.2 Å². The minimum atomic E-state index is -0.643. The molecule has 0 aromatic heterocycles. The number of ether oxygens (including phenoxy) is 2. The van der Waals surface area contributed by atoms with Crippen LogP contribution in [0.3, 0.4) is 0 Å². The Morgan fingerprint density at radius 2 is 1.80 bits per heavy atom. The zero-order valence-electron chi connectivity index (χ0n) is 13.3. The third-order valence-electron chi connectivity index (χ3n) is 2.51. The van der Waals surface area contributed by atoms with Gasteiger partial charge in [-0.3, -0.25) is 4.79 Å². The van der Waals surface area contributed by atoms with Gasteiger partial charge in [-0.1, -0.05) is 0 Å². The number of rotatable bonds is 1. The minimum Gasteiger partial charge on any atom is -0.444 e. The van der Waals surface area contributed by atoms with E-state index < -0.39 is 17.8 Å². The molecule has 6 nitrogen and oxygen atoms in total. The van der Waals surface area contributed by atoms with Crippen LogP contribution in [0.1, 0.15) is 41.5 Å². The van der Waals surface area contributed by atoms with Crippen molar-refractivity contribution >= 4 is 12.0 Å². The summed E-state index contributed by atoms with van der Waals surface area (Å²) in [6.45, 7) is 12.1. The molecule has 1 fully saturated rings. The quantitative estimate of drug-likeness (QED) is 0.794. The van der Waals surface area contributed by atoms with E-state index in [-0.39, 0.29) is 18.0 Å². The van der Waals surface area contributed by atoms with Crippen molar-refractivity contribution in [3.05, 3.63) is 0 Å². The maximum atomic E-state index is 12.1. The molecule has 116 valence electrons. The lowest BCUT2D eigenvalue weighted by atomic mass is 10.1. The molecule has 1 N–H and O–H groups in total. The number of morpholine rings is 1. The molecule has 0 spiro atoms. The molecule has 1 unspecified atom stereocenters. The lowest BCUT2D eigenvalue weighted by molar-refractivity contribution is -0.139. The van der Waals surface area contributed by atoms with Crippen LogP contribution in [0, 0.1) is 0 Å². The standard InChI is InChI=1S/C14H26N2O4/c1-13(2,3)15-11(17)10-9-16(7-8-19-10)12(18)20-14(4,5)6/h10H,7-9H2,1-6H3,(H,15,17). The van der Waals surface area contributed by atoms with Gasteiger partial charge in [0.1, 0.15) is 5.60 Å². The Morgan fingerprint density at radius 3 is 2.30 bits per heavy atom. The molecular weight excluding hydrogens is 260 g/mol. The zero-order valence-corrected chi connectivity index (χ0v) is 13.3. The van der Waals surface area contributed by atoms with Gasteiger partial charge in [-0.25, -0.2) is 4.79 Å². The van der Waals surface area contributed by atoms with Crippen LogP contribution in [0.4, 0.5) is 4.79 Å². The molecule has 0 aromatic carbocycles. The maximum absolute atomic E-state index is 12.1. The molecule has 1 saturated heterocycles. The molecule has 6 heteroatoms. The van der Waals surface area contributed by atoms with Gasteiger partial charge in [-0.15, -0.1) is 0 Å². The van der Waals surface area contributed by atoms with Crippen LogP contribution in [-0.2, 0) is 14.3 Å². The van der Waals surface area contributed by atoms with Crippen LogP contribution in [0.15, 0.2) is 0 Å². The summed E-state index contributed by atoms with van der Waals surface area (Å²) in [7, 11) is 0. The van der Waals surface area contributed by atoms with Crippen LogP contribution in [0.25, 0.3) is 0 Å². The fourth-order valence-corrected chi connectivity index (χ4v) is 1.75. The number of amides is 2.